The van der Waals surface area contributed by atoms with Crippen molar-refractivity contribution in [3.63, 3.8) is 0 Å². The molecule has 1 N–H and O–H groups in total. The first-order valence-electron chi connectivity index (χ1n) is 8.47. The van der Waals surface area contributed by atoms with Gasteiger partial charge in [0.05, 0.1) is 31.0 Å². The van der Waals surface area contributed by atoms with Crippen molar-refractivity contribution in [1.82, 2.24) is 4.31 Å². The number of carbonyl (C=O) groups is 2. The van der Waals surface area contributed by atoms with Crippen molar-refractivity contribution in [1.29, 1.82) is 0 Å². The molecule has 2 rings (SSSR count). The van der Waals surface area contributed by atoms with Crippen LogP contribution in [0.15, 0.2) is 23.1 Å². The number of rotatable bonds is 8. The minimum Gasteiger partial charge on any atom is -0.468 e. The Bertz CT molecular complexity index is 776. The average Bonchev–Trinajstić information content (AvgIpc) is 2.67. The van der Waals surface area contributed by atoms with Crippen LogP contribution >= 0.6 is 11.8 Å². The predicted octanol–water partition coefficient (Wildman–Crippen LogP) is 1.25. The molecule has 0 aliphatic carbocycles. The first kappa shape index (κ1) is 21.7. The van der Waals surface area contributed by atoms with Crippen molar-refractivity contribution in [3.8, 4) is 0 Å². The zero-order chi connectivity index (χ0) is 19.9. The van der Waals surface area contributed by atoms with E-state index in [4.69, 9.17) is 4.74 Å². The Hall–Kier alpha value is -1.62. The summed E-state index contributed by atoms with van der Waals surface area (Å²) >= 11 is 1.30. The van der Waals surface area contributed by atoms with Gasteiger partial charge in [-0.05, 0) is 24.6 Å². The monoisotopic (exact) mass is 416 g/mol. The van der Waals surface area contributed by atoms with E-state index in [0.29, 0.717) is 43.3 Å². The van der Waals surface area contributed by atoms with Crippen LogP contribution in [-0.2, 0) is 29.1 Å². The number of hydrogen-bond acceptors (Lipinski definition) is 7. The molecule has 1 heterocycles. The highest BCUT2D eigenvalue weighted by Crippen LogP contribution is 2.24. The summed E-state index contributed by atoms with van der Waals surface area (Å²) in [5, 5.41) is 2.71. The summed E-state index contributed by atoms with van der Waals surface area (Å²) in [5.74, 6) is 0.0740. The number of carbonyl (C=O) groups excluding carboxylic acids is 2. The number of esters is 1. The van der Waals surface area contributed by atoms with Gasteiger partial charge in [-0.15, -0.1) is 11.8 Å². The number of anilines is 1. The molecule has 1 aliphatic rings. The van der Waals surface area contributed by atoms with Crippen LogP contribution < -0.4 is 5.32 Å². The Morgan fingerprint density at radius 3 is 2.67 bits per heavy atom. The molecule has 1 fully saturated rings. The van der Waals surface area contributed by atoms with Gasteiger partial charge in [0.15, 0.2) is 0 Å². The summed E-state index contributed by atoms with van der Waals surface area (Å²) in [7, 11) is -2.32. The van der Waals surface area contributed by atoms with Crippen molar-refractivity contribution in [2.24, 2.45) is 0 Å². The number of aryl methyl sites for hydroxylation is 1. The molecule has 1 amide bonds. The maximum absolute atomic E-state index is 12.9. The minimum atomic E-state index is -3.64. The van der Waals surface area contributed by atoms with E-state index in [0.717, 1.165) is 0 Å². The Kier molecular flexibility index (Phi) is 8.08. The third kappa shape index (κ3) is 6.20. The Morgan fingerprint density at radius 2 is 2.00 bits per heavy atom. The molecule has 10 heteroatoms. The maximum atomic E-state index is 12.9. The van der Waals surface area contributed by atoms with Gasteiger partial charge in [-0.25, -0.2) is 8.42 Å². The molecule has 0 unspecified atom stereocenters. The lowest BCUT2D eigenvalue weighted by Crippen LogP contribution is -2.40. The first-order chi connectivity index (χ1) is 12.8. The van der Waals surface area contributed by atoms with Gasteiger partial charge in [0.1, 0.15) is 0 Å². The average molecular weight is 417 g/mol. The van der Waals surface area contributed by atoms with E-state index in [1.54, 1.807) is 19.1 Å². The molecule has 0 aromatic heterocycles. The van der Waals surface area contributed by atoms with Crippen LogP contribution in [0.1, 0.15) is 12.0 Å². The van der Waals surface area contributed by atoms with E-state index in [9.17, 15) is 18.0 Å². The lowest BCUT2D eigenvalue weighted by atomic mass is 10.2. The van der Waals surface area contributed by atoms with Crippen molar-refractivity contribution in [2.45, 2.75) is 18.2 Å². The van der Waals surface area contributed by atoms with Crippen LogP contribution in [0.4, 0.5) is 5.69 Å². The van der Waals surface area contributed by atoms with E-state index in [1.807, 2.05) is 0 Å². The van der Waals surface area contributed by atoms with Crippen LogP contribution in [0.5, 0.6) is 0 Å². The van der Waals surface area contributed by atoms with E-state index < -0.39 is 10.0 Å². The SMILES string of the molecule is COC(=O)CSCCC(=O)Nc1ccc(C)c(S(=O)(=O)N2CCOCC2)c1. The van der Waals surface area contributed by atoms with E-state index in [1.165, 1.54) is 29.2 Å². The number of hydrogen-bond donors (Lipinski definition) is 1. The van der Waals surface area contributed by atoms with E-state index >= 15 is 0 Å². The van der Waals surface area contributed by atoms with Gasteiger partial charge in [-0.1, -0.05) is 6.07 Å². The molecule has 27 heavy (non-hydrogen) atoms. The number of nitrogens with one attached hydrogen (secondary N) is 1. The standard InChI is InChI=1S/C17H24N2O6S2/c1-13-3-4-14(18-16(20)5-10-26-12-17(21)24-2)11-15(13)27(22,23)19-6-8-25-9-7-19/h3-4,11H,5-10,12H2,1-2H3,(H,18,20). The normalized spacial score (nSPS) is 15.3. The number of amides is 1. The fraction of sp³-hybridized carbons (Fsp3) is 0.529. The van der Waals surface area contributed by atoms with Gasteiger partial charge in [0.25, 0.3) is 0 Å². The van der Waals surface area contributed by atoms with Crippen LogP contribution in [0, 0.1) is 6.92 Å². The van der Waals surface area contributed by atoms with Crippen LogP contribution in [0.25, 0.3) is 0 Å². The van der Waals surface area contributed by atoms with Gasteiger partial charge in [0, 0.05) is 31.0 Å². The fourth-order valence-electron chi connectivity index (χ4n) is 2.48. The van der Waals surface area contributed by atoms with Crippen LogP contribution in [-0.4, -0.2) is 69.5 Å². The van der Waals surface area contributed by atoms with Crippen LogP contribution in [0.2, 0.25) is 0 Å². The Balaban J connectivity index is 1.99. The van der Waals surface area contributed by atoms with Crippen LogP contribution in [0.3, 0.4) is 0 Å². The number of sulfonamides is 1. The fourth-order valence-corrected chi connectivity index (χ4v) is 4.90. The molecule has 0 atom stereocenters. The van der Waals surface area contributed by atoms with Gasteiger partial charge in [-0.2, -0.15) is 4.31 Å². The maximum Gasteiger partial charge on any atom is 0.315 e. The molecule has 150 valence electrons. The van der Waals surface area contributed by atoms with Crippen molar-refractivity contribution in [3.05, 3.63) is 23.8 Å². The summed E-state index contributed by atoms with van der Waals surface area (Å²) in [5.41, 5.74) is 1.04. The number of thioether (sulfide) groups is 1. The van der Waals surface area contributed by atoms with Gasteiger partial charge in [0.2, 0.25) is 15.9 Å². The van der Waals surface area contributed by atoms with Crippen molar-refractivity contribution >= 4 is 39.3 Å². The molecule has 1 aromatic carbocycles. The number of benzene rings is 1. The number of nitrogens with zero attached hydrogens (tertiary/aromatic N) is 1. The van der Waals surface area contributed by atoms with Gasteiger partial charge >= 0.3 is 5.97 Å². The summed E-state index contributed by atoms with van der Waals surface area (Å²) in [6.07, 6.45) is 0.209. The lowest BCUT2D eigenvalue weighted by molar-refractivity contribution is -0.137. The summed E-state index contributed by atoms with van der Waals surface area (Å²) in [6, 6.07) is 4.84. The first-order valence-corrected chi connectivity index (χ1v) is 11.1. The third-order valence-corrected chi connectivity index (χ3v) is 6.95. The van der Waals surface area contributed by atoms with Crippen molar-refractivity contribution in [2.75, 3.05) is 50.2 Å². The summed E-state index contributed by atoms with van der Waals surface area (Å²) < 4.78 is 36.9. The molecule has 1 aromatic rings. The molecule has 0 saturated carbocycles. The molecule has 0 spiro atoms. The van der Waals surface area contributed by atoms with Gasteiger partial charge in [-0.3, -0.25) is 9.59 Å². The summed E-state index contributed by atoms with van der Waals surface area (Å²) in [6.45, 7) is 3.10. The highest BCUT2D eigenvalue weighted by atomic mass is 32.2. The van der Waals surface area contributed by atoms with Crippen molar-refractivity contribution < 1.29 is 27.5 Å². The highest BCUT2D eigenvalue weighted by Gasteiger charge is 2.28. The molecule has 0 bridgehead atoms. The van der Waals surface area contributed by atoms with E-state index in [2.05, 4.69) is 10.1 Å². The molecule has 1 saturated heterocycles. The lowest BCUT2D eigenvalue weighted by Gasteiger charge is -2.26. The van der Waals surface area contributed by atoms with E-state index in [-0.39, 0.29) is 28.9 Å². The summed E-state index contributed by atoms with van der Waals surface area (Å²) in [4.78, 5) is 23.3. The largest absolute Gasteiger partial charge is 0.468 e. The Labute approximate surface area is 163 Å². The zero-order valence-electron chi connectivity index (χ0n) is 15.4. The second kappa shape index (κ2) is 10.1. The quantitative estimate of drug-likeness (QED) is 0.503. The van der Waals surface area contributed by atoms with Gasteiger partial charge < -0.3 is 14.8 Å². The molecule has 0 radical (unpaired) electrons. The topological polar surface area (TPSA) is 102 Å². The second-order valence-electron chi connectivity index (χ2n) is 5.92. The zero-order valence-corrected chi connectivity index (χ0v) is 17.0. The number of methoxy groups -OCH3 is 1. The number of morpholine rings is 1. The molecule has 8 nitrogen and oxygen atoms in total. The smallest absolute Gasteiger partial charge is 0.315 e. The highest BCUT2D eigenvalue weighted by molar-refractivity contribution is 7.99. The predicted molar refractivity (Wildman–Crippen MR) is 103 cm³/mol. The molecule has 1 aliphatic heterocycles. The minimum absolute atomic E-state index is 0.183. The molecular weight excluding hydrogens is 392 g/mol. The number of ether oxygens (including phenoxy) is 2. The third-order valence-electron chi connectivity index (χ3n) is 3.98. The Morgan fingerprint density at radius 1 is 1.30 bits per heavy atom. The second-order valence-corrected chi connectivity index (χ2v) is 8.94. The molecular formula is C17H24N2O6S2.